The fraction of sp³-hybridized carbons (Fsp3) is 0.500. The van der Waals surface area contributed by atoms with E-state index in [0.717, 1.165) is 35.7 Å². The number of hydrogen-bond donors (Lipinski definition) is 1. The van der Waals surface area contributed by atoms with Crippen LogP contribution in [0.1, 0.15) is 20.3 Å². The Morgan fingerprint density at radius 3 is 2.59 bits per heavy atom. The first-order chi connectivity index (χ1) is 8.16. The number of thiocarbonyl (C=S) groups is 1. The molecule has 1 aromatic rings. The number of likely N-dealkylation sites (tertiary alicyclic amines) is 1. The van der Waals surface area contributed by atoms with Crippen molar-refractivity contribution in [2.24, 2.45) is 11.8 Å². The lowest BCUT2D eigenvalue weighted by atomic mass is 9.89. The molecule has 0 amide bonds. The van der Waals surface area contributed by atoms with Crippen molar-refractivity contribution in [2.45, 2.75) is 20.3 Å². The van der Waals surface area contributed by atoms with Crippen LogP contribution in [0.4, 0.5) is 5.69 Å². The van der Waals surface area contributed by atoms with Gasteiger partial charge in [0, 0.05) is 18.8 Å². The van der Waals surface area contributed by atoms with Crippen LogP contribution in [0.15, 0.2) is 30.3 Å². The van der Waals surface area contributed by atoms with Gasteiger partial charge in [-0.05, 0) is 42.6 Å². The molecule has 1 N–H and O–H groups in total. The number of piperidine rings is 1. The Balaban J connectivity index is 1.93. The first-order valence-electron chi connectivity index (χ1n) is 6.28. The van der Waals surface area contributed by atoms with E-state index in [-0.39, 0.29) is 0 Å². The van der Waals surface area contributed by atoms with Crippen molar-refractivity contribution >= 4 is 23.0 Å². The Bertz CT molecular complexity index is 377. The first-order valence-corrected chi connectivity index (χ1v) is 6.68. The van der Waals surface area contributed by atoms with Gasteiger partial charge in [-0.15, -0.1) is 0 Å². The Morgan fingerprint density at radius 1 is 1.24 bits per heavy atom. The maximum absolute atomic E-state index is 5.46. The molecule has 2 nitrogen and oxygen atoms in total. The van der Waals surface area contributed by atoms with Crippen LogP contribution in [-0.4, -0.2) is 23.1 Å². The van der Waals surface area contributed by atoms with Crippen LogP contribution in [0.2, 0.25) is 0 Å². The van der Waals surface area contributed by atoms with Crippen molar-refractivity contribution in [1.82, 2.24) is 4.90 Å². The fourth-order valence-electron chi connectivity index (χ4n) is 2.17. The van der Waals surface area contributed by atoms with Gasteiger partial charge in [-0.2, -0.15) is 0 Å². The molecule has 0 bridgehead atoms. The summed E-state index contributed by atoms with van der Waals surface area (Å²) in [5.74, 6) is 1.53. The summed E-state index contributed by atoms with van der Waals surface area (Å²) in [6.45, 7) is 6.78. The summed E-state index contributed by atoms with van der Waals surface area (Å²) >= 11 is 5.46. The molecule has 0 saturated carbocycles. The first kappa shape index (κ1) is 12.4. The third-order valence-corrected chi connectivity index (χ3v) is 4.01. The van der Waals surface area contributed by atoms with Gasteiger partial charge >= 0.3 is 0 Å². The van der Waals surface area contributed by atoms with Crippen molar-refractivity contribution in [2.75, 3.05) is 18.4 Å². The minimum Gasteiger partial charge on any atom is -0.349 e. The molecule has 17 heavy (non-hydrogen) atoms. The molecular weight excluding hydrogens is 228 g/mol. The maximum atomic E-state index is 5.46. The minimum atomic E-state index is 0.722. The standard InChI is InChI=1S/C14H20N2S/c1-11-8-9-16(10-12(11)2)14(17)15-13-6-4-3-5-7-13/h3-7,11-12H,8-10H2,1-2H3,(H,15,17). The van der Waals surface area contributed by atoms with Gasteiger partial charge < -0.3 is 10.2 Å². The summed E-state index contributed by atoms with van der Waals surface area (Å²) in [6.07, 6.45) is 1.23. The summed E-state index contributed by atoms with van der Waals surface area (Å²) in [5.41, 5.74) is 1.07. The van der Waals surface area contributed by atoms with Gasteiger partial charge in [-0.25, -0.2) is 0 Å². The van der Waals surface area contributed by atoms with Crippen molar-refractivity contribution in [3.63, 3.8) is 0 Å². The van der Waals surface area contributed by atoms with E-state index in [9.17, 15) is 0 Å². The quantitative estimate of drug-likeness (QED) is 0.767. The van der Waals surface area contributed by atoms with Crippen LogP contribution >= 0.6 is 12.2 Å². The van der Waals surface area contributed by atoms with Crippen LogP contribution < -0.4 is 5.32 Å². The number of benzene rings is 1. The number of rotatable bonds is 1. The monoisotopic (exact) mass is 248 g/mol. The van der Waals surface area contributed by atoms with Gasteiger partial charge in [0.15, 0.2) is 5.11 Å². The van der Waals surface area contributed by atoms with Gasteiger partial charge in [0.05, 0.1) is 0 Å². The third-order valence-electron chi connectivity index (χ3n) is 3.65. The minimum absolute atomic E-state index is 0.722. The number of para-hydroxylation sites is 1. The molecule has 3 heteroatoms. The summed E-state index contributed by atoms with van der Waals surface area (Å²) in [7, 11) is 0. The molecule has 1 heterocycles. The molecule has 1 aromatic carbocycles. The highest BCUT2D eigenvalue weighted by atomic mass is 32.1. The van der Waals surface area contributed by atoms with Crippen molar-refractivity contribution in [1.29, 1.82) is 0 Å². The predicted molar refractivity (Wildman–Crippen MR) is 77.2 cm³/mol. The molecule has 1 aliphatic heterocycles. The van der Waals surface area contributed by atoms with E-state index >= 15 is 0 Å². The molecule has 0 aromatic heterocycles. The molecule has 1 aliphatic rings. The smallest absolute Gasteiger partial charge is 0.173 e. The highest BCUT2D eigenvalue weighted by Crippen LogP contribution is 2.23. The Hall–Kier alpha value is -1.09. The zero-order chi connectivity index (χ0) is 12.3. The van der Waals surface area contributed by atoms with E-state index in [1.165, 1.54) is 6.42 Å². The van der Waals surface area contributed by atoms with Gasteiger partial charge in [-0.3, -0.25) is 0 Å². The van der Waals surface area contributed by atoms with Crippen LogP contribution in [-0.2, 0) is 0 Å². The van der Waals surface area contributed by atoms with Crippen LogP contribution in [0, 0.1) is 11.8 Å². The largest absolute Gasteiger partial charge is 0.349 e. The molecule has 2 rings (SSSR count). The lowest BCUT2D eigenvalue weighted by Crippen LogP contribution is -2.44. The van der Waals surface area contributed by atoms with Gasteiger partial charge in [-0.1, -0.05) is 32.0 Å². The van der Waals surface area contributed by atoms with Crippen molar-refractivity contribution < 1.29 is 0 Å². The average molecular weight is 248 g/mol. The second-order valence-electron chi connectivity index (χ2n) is 4.99. The second-order valence-corrected chi connectivity index (χ2v) is 5.37. The van der Waals surface area contributed by atoms with E-state index in [1.807, 2.05) is 30.3 Å². The number of anilines is 1. The molecule has 2 unspecified atom stereocenters. The Labute approximate surface area is 109 Å². The number of hydrogen-bond acceptors (Lipinski definition) is 1. The number of nitrogens with one attached hydrogen (secondary N) is 1. The Kier molecular flexibility index (Phi) is 4.00. The average Bonchev–Trinajstić information content (AvgIpc) is 2.34. The topological polar surface area (TPSA) is 15.3 Å². The van der Waals surface area contributed by atoms with Crippen LogP contribution in [0.25, 0.3) is 0 Å². The van der Waals surface area contributed by atoms with E-state index < -0.39 is 0 Å². The van der Waals surface area contributed by atoms with Gasteiger partial charge in [0.2, 0.25) is 0 Å². The lowest BCUT2D eigenvalue weighted by molar-refractivity contribution is 0.206. The maximum Gasteiger partial charge on any atom is 0.173 e. The van der Waals surface area contributed by atoms with Crippen LogP contribution in [0.3, 0.4) is 0 Å². The SMILES string of the molecule is CC1CCN(C(=S)Nc2ccccc2)CC1C. The molecule has 1 fully saturated rings. The van der Waals surface area contributed by atoms with E-state index in [2.05, 4.69) is 24.1 Å². The summed E-state index contributed by atoms with van der Waals surface area (Å²) in [4.78, 5) is 2.28. The zero-order valence-electron chi connectivity index (χ0n) is 10.5. The highest BCUT2D eigenvalue weighted by Gasteiger charge is 2.23. The molecule has 0 spiro atoms. The van der Waals surface area contributed by atoms with E-state index in [4.69, 9.17) is 12.2 Å². The second kappa shape index (κ2) is 5.50. The summed E-state index contributed by atoms with van der Waals surface area (Å²) in [5, 5.41) is 4.16. The van der Waals surface area contributed by atoms with Crippen LogP contribution in [0.5, 0.6) is 0 Å². The molecular formula is C14H20N2S. The van der Waals surface area contributed by atoms with E-state index in [1.54, 1.807) is 0 Å². The molecule has 0 radical (unpaired) electrons. The summed E-state index contributed by atoms with van der Waals surface area (Å²) in [6, 6.07) is 10.1. The summed E-state index contributed by atoms with van der Waals surface area (Å²) < 4.78 is 0. The number of nitrogens with zero attached hydrogens (tertiary/aromatic N) is 1. The van der Waals surface area contributed by atoms with Gasteiger partial charge in [0.1, 0.15) is 0 Å². The van der Waals surface area contributed by atoms with E-state index in [0.29, 0.717) is 0 Å². The highest BCUT2D eigenvalue weighted by molar-refractivity contribution is 7.80. The Morgan fingerprint density at radius 2 is 1.94 bits per heavy atom. The molecule has 2 atom stereocenters. The fourth-order valence-corrected chi connectivity index (χ4v) is 2.45. The third kappa shape index (κ3) is 3.19. The zero-order valence-corrected chi connectivity index (χ0v) is 11.3. The molecule has 1 saturated heterocycles. The molecule has 92 valence electrons. The lowest BCUT2D eigenvalue weighted by Gasteiger charge is -2.36. The molecule has 0 aliphatic carbocycles. The normalized spacial score (nSPS) is 24.5. The predicted octanol–water partition coefficient (Wildman–Crippen LogP) is 3.36. The van der Waals surface area contributed by atoms with Crippen molar-refractivity contribution in [3.8, 4) is 0 Å². The van der Waals surface area contributed by atoms with Crippen molar-refractivity contribution in [3.05, 3.63) is 30.3 Å². The van der Waals surface area contributed by atoms with Gasteiger partial charge in [0.25, 0.3) is 0 Å².